The van der Waals surface area contributed by atoms with Gasteiger partial charge in [0.15, 0.2) is 11.3 Å². The molecule has 4 aromatic rings. The maximum atomic E-state index is 13.1. The average molecular weight is 428 g/mol. The fourth-order valence-corrected chi connectivity index (χ4v) is 5.21. The minimum absolute atomic E-state index is 0.0992. The topological polar surface area (TPSA) is 91.2 Å². The number of piperidine rings is 1. The van der Waals surface area contributed by atoms with Crippen LogP contribution in [0.2, 0.25) is 0 Å². The smallest absolute Gasteiger partial charge is 0.287 e. The Morgan fingerprint density at radius 2 is 2.06 bits per heavy atom. The van der Waals surface area contributed by atoms with Crippen molar-refractivity contribution in [2.24, 2.45) is 11.3 Å². The molecule has 1 atom stereocenters. The second-order valence-electron chi connectivity index (χ2n) is 9.04. The molecule has 1 saturated carbocycles. The highest BCUT2D eigenvalue weighted by Crippen LogP contribution is 2.59. The summed E-state index contributed by atoms with van der Waals surface area (Å²) in [6.45, 7) is 2.17. The molecule has 2 fully saturated rings. The zero-order valence-electron chi connectivity index (χ0n) is 17.6. The van der Waals surface area contributed by atoms with Gasteiger partial charge < -0.3 is 19.6 Å². The van der Waals surface area contributed by atoms with Gasteiger partial charge in [0.2, 0.25) is 0 Å². The van der Waals surface area contributed by atoms with Gasteiger partial charge in [0.1, 0.15) is 0 Å². The number of hydrogen-bond acceptors (Lipinski definition) is 4. The summed E-state index contributed by atoms with van der Waals surface area (Å²) in [5.74, 6) is 0.696. The molecule has 4 heterocycles. The summed E-state index contributed by atoms with van der Waals surface area (Å²) < 4.78 is 5.60. The molecule has 162 valence electrons. The number of aromatic amines is 1. The van der Waals surface area contributed by atoms with Crippen molar-refractivity contribution in [3.05, 3.63) is 66.3 Å². The molecule has 1 aliphatic heterocycles. The van der Waals surface area contributed by atoms with Crippen molar-refractivity contribution >= 4 is 33.7 Å². The van der Waals surface area contributed by atoms with Gasteiger partial charge in [0.25, 0.3) is 11.8 Å². The SMILES string of the molecule is O=C(NCC1CC12CCN(C(=O)c1c[nH]c3ccccc13)CC2)c1cc2ccncc2o1. The third-order valence-electron chi connectivity index (χ3n) is 7.28. The first-order chi connectivity index (χ1) is 15.6. The molecule has 2 amide bonds. The molecule has 1 aliphatic carbocycles. The highest BCUT2D eigenvalue weighted by atomic mass is 16.3. The number of nitrogens with zero attached hydrogens (tertiary/aromatic N) is 2. The Morgan fingerprint density at radius 3 is 2.91 bits per heavy atom. The van der Waals surface area contributed by atoms with Gasteiger partial charge in [-0.3, -0.25) is 14.6 Å². The molecular formula is C25H24N4O3. The third kappa shape index (κ3) is 3.16. The molecule has 3 aromatic heterocycles. The van der Waals surface area contributed by atoms with E-state index in [9.17, 15) is 9.59 Å². The monoisotopic (exact) mass is 428 g/mol. The van der Waals surface area contributed by atoms with Crippen LogP contribution in [-0.4, -0.2) is 46.3 Å². The van der Waals surface area contributed by atoms with Crippen LogP contribution in [0.1, 0.15) is 40.2 Å². The Labute approximate surface area is 184 Å². The first-order valence-corrected chi connectivity index (χ1v) is 11.1. The van der Waals surface area contributed by atoms with Gasteiger partial charge in [-0.25, -0.2) is 0 Å². The normalized spacial score (nSPS) is 19.5. The van der Waals surface area contributed by atoms with Crippen molar-refractivity contribution in [2.45, 2.75) is 19.3 Å². The summed E-state index contributed by atoms with van der Waals surface area (Å²) in [6, 6.07) is 11.5. The molecule has 0 radical (unpaired) electrons. The van der Waals surface area contributed by atoms with Crippen LogP contribution in [0.3, 0.4) is 0 Å². The predicted molar refractivity (Wildman–Crippen MR) is 120 cm³/mol. The van der Waals surface area contributed by atoms with Gasteiger partial charge in [-0.2, -0.15) is 0 Å². The van der Waals surface area contributed by atoms with Crippen LogP contribution in [0, 0.1) is 11.3 Å². The Balaban J connectivity index is 1.05. The van der Waals surface area contributed by atoms with Crippen LogP contribution < -0.4 is 5.32 Å². The van der Waals surface area contributed by atoms with E-state index in [0.29, 0.717) is 23.8 Å². The molecule has 7 heteroatoms. The number of fused-ring (bicyclic) bond motifs is 2. The minimum atomic E-state index is -0.185. The van der Waals surface area contributed by atoms with Crippen LogP contribution in [0.5, 0.6) is 0 Å². The number of rotatable bonds is 4. The fraction of sp³-hybridized carbons (Fsp3) is 0.320. The number of carbonyl (C=O) groups is 2. The van der Waals surface area contributed by atoms with E-state index in [2.05, 4.69) is 15.3 Å². The molecule has 6 rings (SSSR count). The van der Waals surface area contributed by atoms with Crippen molar-refractivity contribution in [2.75, 3.05) is 19.6 Å². The number of benzene rings is 1. The number of amides is 2. The molecular weight excluding hydrogens is 404 g/mol. The first-order valence-electron chi connectivity index (χ1n) is 11.1. The van der Waals surface area contributed by atoms with Crippen LogP contribution in [0.25, 0.3) is 21.9 Å². The summed E-state index contributed by atoms with van der Waals surface area (Å²) in [6.07, 6.45) is 8.19. The van der Waals surface area contributed by atoms with Crippen molar-refractivity contribution in [1.29, 1.82) is 0 Å². The molecule has 2 N–H and O–H groups in total. The summed E-state index contributed by atoms with van der Waals surface area (Å²) in [4.78, 5) is 34.8. The van der Waals surface area contributed by atoms with Crippen LogP contribution in [0.15, 0.2) is 59.4 Å². The van der Waals surface area contributed by atoms with Crippen molar-refractivity contribution in [1.82, 2.24) is 20.2 Å². The van der Waals surface area contributed by atoms with Gasteiger partial charge >= 0.3 is 0 Å². The van der Waals surface area contributed by atoms with E-state index >= 15 is 0 Å². The lowest BCUT2D eigenvalue weighted by Gasteiger charge is -2.33. The minimum Gasteiger partial charge on any atom is -0.449 e. The van der Waals surface area contributed by atoms with E-state index in [4.69, 9.17) is 4.42 Å². The van der Waals surface area contributed by atoms with Crippen molar-refractivity contribution in [3.8, 4) is 0 Å². The van der Waals surface area contributed by atoms with Crippen molar-refractivity contribution in [3.63, 3.8) is 0 Å². The van der Waals surface area contributed by atoms with Crippen LogP contribution in [0.4, 0.5) is 0 Å². The third-order valence-corrected chi connectivity index (χ3v) is 7.28. The number of nitrogens with one attached hydrogen (secondary N) is 2. The van der Waals surface area contributed by atoms with E-state index in [-0.39, 0.29) is 17.2 Å². The molecule has 1 unspecified atom stereocenters. The highest BCUT2D eigenvalue weighted by Gasteiger charge is 2.54. The fourth-order valence-electron chi connectivity index (χ4n) is 5.21. The van der Waals surface area contributed by atoms with Gasteiger partial charge in [-0.15, -0.1) is 0 Å². The van der Waals surface area contributed by atoms with Crippen molar-refractivity contribution < 1.29 is 14.0 Å². The number of furan rings is 1. The average Bonchev–Trinajstić information content (AvgIpc) is 3.17. The largest absolute Gasteiger partial charge is 0.449 e. The number of hydrogen-bond donors (Lipinski definition) is 2. The summed E-state index contributed by atoms with van der Waals surface area (Å²) in [7, 11) is 0. The van der Waals surface area contributed by atoms with Gasteiger partial charge in [0.05, 0.1) is 11.8 Å². The maximum absolute atomic E-state index is 13.1. The number of likely N-dealkylation sites (tertiary alicyclic amines) is 1. The second kappa shape index (κ2) is 7.22. The zero-order chi connectivity index (χ0) is 21.7. The Kier molecular flexibility index (Phi) is 4.31. The maximum Gasteiger partial charge on any atom is 0.287 e. The summed E-state index contributed by atoms with van der Waals surface area (Å²) >= 11 is 0. The lowest BCUT2D eigenvalue weighted by atomic mass is 9.90. The highest BCUT2D eigenvalue weighted by molar-refractivity contribution is 6.06. The lowest BCUT2D eigenvalue weighted by Crippen LogP contribution is -2.40. The quantitative estimate of drug-likeness (QED) is 0.514. The van der Waals surface area contributed by atoms with Crippen LogP contribution >= 0.6 is 0 Å². The number of pyridine rings is 1. The van der Waals surface area contributed by atoms with Gasteiger partial charge in [0, 0.05) is 48.3 Å². The molecule has 32 heavy (non-hydrogen) atoms. The van der Waals surface area contributed by atoms with Crippen LogP contribution in [-0.2, 0) is 0 Å². The first kappa shape index (κ1) is 19.1. The van der Waals surface area contributed by atoms with E-state index in [0.717, 1.165) is 54.2 Å². The van der Waals surface area contributed by atoms with E-state index in [1.807, 2.05) is 41.4 Å². The molecule has 1 aromatic carbocycles. The van der Waals surface area contributed by atoms with Gasteiger partial charge in [-0.1, -0.05) is 18.2 Å². The number of para-hydroxylation sites is 1. The zero-order valence-corrected chi connectivity index (χ0v) is 17.6. The summed E-state index contributed by atoms with van der Waals surface area (Å²) in [5.41, 5.74) is 2.61. The molecule has 7 nitrogen and oxygen atoms in total. The van der Waals surface area contributed by atoms with E-state index < -0.39 is 0 Å². The van der Waals surface area contributed by atoms with E-state index in [1.54, 1.807) is 18.5 Å². The number of H-pyrrole nitrogens is 1. The molecule has 1 spiro atoms. The predicted octanol–water partition coefficient (Wildman–Crippen LogP) is 3.98. The second-order valence-corrected chi connectivity index (χ2v) is 9.04. The standard InChI is InChI=1S/C25H24N4O3/c30-23(21-11-16-5-8-26-15-22(16)32-21)28-13-17-12-25(17)6-9-29(10-7-25)24(31)19-14-27-20-4-2-1-3-18(19)20/h1-5,8,11,14-15,17,27H,6-7,9-10,12-13H2,(H,28,30). The number of carbonyl (C=O) groups excluding carboxylic acids is 2. The molecule has 0 bridgehead atoms. The molecule has 1 saturated heterocycles. The Bertz CT molecular complexity index is 1300. The number of aromatic nitrogens is 2. The lowest BCUT2D eigenvalue weighted by molar-refractivity contribution is 0.0670. The molecule has 2 aliphatic rings. The van der Waals surface area contributed by atoms with E-state index in [1.165, 1.54) is 0 Å². The Hall–Kier alpha value is -3.61. The Morgan fingerprint density at radius 1 is 1.22 bits per heavy atom. The van der Waals surface area contributed by atoms with Gasteiger partial charge in [-0.05, 0) is 48.8 Å². The summed E-state index contributed by atoms with van der Waals surface area (Å²) in [5, 5.41) is 4.89.